The Balaban J connectivity index is 1.71. The molecule has 18 heavy (non-hydrogen) atoms. The minimum absolute atomic E-state index is 0.208. The van der Waals surface area contributed by atoms with Gasteiger partial charge in [0.2, 0.25) is 5.91 Å². The summed E-state index contributed by atoms with van der Waals surface area (Å²) < 4.78 is 0. The van der Waals surface area contributed by atoms with Gasteiger partial charge in [0, 0.05) is 24.4 Å². The summed E-state index contributed by atoms with van der Waals surface area (Å²) in [5.41, 5.74) is 0. The summed E-state index contributed by atoms with van der Waals surface area (Å²) in [6.07, 6.45) is 3.03. The van der Waals surface area contributed by atoms with E-state index in [9.17, 15) is 9.90 Å². The van der Waals surface area contributed by atoms with Crippen LogP contribution in [0.15, 0.2) is 17.5 Å². The largest absolute Gasteiger partial charge is 0.393 e. The molecule has 1 aliphatic rings. The quantitative estimate of drug-likeness (QED) is 0.909. The number of piperidine rings is 1. The maximum atomic E-state index is 12.0. The third-order valence-electron chi connectivity index (χ3n) is 3.61. The minimum Gasteiger partial charge on any atom is -0.393 e. The van der Waals surface area contributed by atoms with Crippen LogP contribution >= 0.6 is 11.3 Å². The van der Waals surface area contributed by atoms with E-state index in [-0.39, 0.29) is 17.9 Å². The van der Waals surface area contributed by atoms with Gasteiger partial charge in [0.1, 0.15) is 0 Å². The summed E-state index contributed by atoms with van der Waals surface area (Å²) in [6.45, 7) is 3.43. The first-order valence-electron chi connectivity index (χ1n) is 6.65. The number of nitrogens with zero attached hydrogens (tertiary/aromatic N) is 1. The second-order valence-electron chi connectivity index (χ2n) is 5.11. The number of amides is 1. The first-order valence-corrected chi connectivity index (χ1v) is 7.53. The predicted octanol–water partition coefficient (Wildman–Crippen LogP) is 2.30. The summed E-state index contributed by atoms with van der Waals surface area (Å²) in [5.74, 6) is 0.449. The molecular formula is C14H21NO2S. The van der Waals surface area contributed by atoms with Gasteiger partial charge in [0.15, 0.2) is 0 Å². The first-order chi connectivity index (χ1) is 8.66. The van der Waals surface area contributed by atoms with E-state index in [2.05, 4.69) is 17.5 Å². The molecule has 2 unspecified atom stereocenters. The molecule has 1 fully saturated rings. The normalized spacial score (nSPS) is 24.2. The topological polar surface area (TPSA) is 40.5 Å². The number of carbonyl (C=O) groups is 1. The van der Waals surface area contributed by atoms with E-state index in [0.717, 1.165) is 19.3 Å². The number of likely N-dealkylation sites (tertiary alicyclic amines) is 1. The highest BCUT2D eigenvalue weighted by Gasteiger charge is 2.26. The van der Waals surface area contributed by atoms with Crippen LogP contribution in [0.4, 0.5) is 0 Å². The van der Waals surface area contributed by atoms with Gasteiger partial charge in [-0.2, -0.15) is 0 Å². The Morgan fingerprint density at radius 1 is 1.61 bits per heavy atom. The van der Waals surface area contributed by atoms with Gasteiger partial charge in [-0.15, -0.1) is 11.3 Å². The van der Waals surface area contributed by atoms with E-state index in [1.54, 1.807) is 11.3 Å². The van der Waals surface area contributed by atoms with E-state index in [1.165, 1.54) is 4.88 Å². The lowest BCUT2D eigenvalue weighted by molar-refractivity contribution is -0.134. The van der Waals surface area contributed by atoms with Crippen molar-refractivity contribution in [3.8, 4) is 0 Å². The van der Waals surface area contributed by atoms with Crippen molar-refractivity contribution in [2.75, 3.05) is 13.1 Å². The van der Waals surface area contributed by atoms with Crippen molar-refractivity contribution >= 4 is 17.2 Å². The minimum atomic E-state index is -0.236. The lowest BCUT2D eigenvalue weighted by Gasteiger charge is -2.34. The number of thiophene rings is 1. The number of hydrogen-bond acceptors (Lipinski definition) is 3. The highest BCUT2D eigenvalue weighted by Crippen LogP contribution is 2.18. The number of aryl methyl sites for hydroxylation is 1. The van der Waals surface area contributed by atoms with Crippen molar-refractivity contribution in [2.45, 2.75) is 38.7 Å². The zero-order valence-corrected chi connectivity index (χ0v) is 11.7. The fourth-order valence-electron chi connectivity index (χ4n) is 2.39. The standard InChI is InChI=1S/C14H21NO2S/c1-11-10-15(8-7-13(11)16)14(17)6-2-4-12-5-3-9-18-12/h3,5,9,11,13,16H,2,4,6-8,10H2,1H3. The summed E-state index contributed by atoms with van der Waals surface area (Å²) in [7, 11) is 0. The average Bonchev–Trinajstić information content (AvgIpc) is 2.85. The lowest BCUT2D eigenvalue weighted by atomic mass is 9.96. The number of rotatable bonds is 4. The van der Waals surface area contributed by atoms with Crippen LogP contribution in [0.1, 0.15) is 31.1 Å². The van der Waals surface area contributed by atoms with Gasteiger partial charge < -0.3 is 10.0 Å². The van der Waals surface area contributed by atoms with E-state index < -0.39 is 0 Å². The third-order valence-corrected chi connectivity index (χ3v) is 4.54. The van der Waals surface area contributed by atoms with Crippen molar-refractivity contribution in [2.24, 2.45) is 5.92 Å². The van der Waals surface area contributed by atoms with Crippen LogP contribution in [0.25, 0.3) is 0 Å². The molecule has 0 aliphatic carbocycles. The van der Waals surface area contributed by atoms with Gasteiger partial charge in [-0.25, -0.2) is 0 Å². The highest BCUT2D eigenvalue weighted by molar-refractivity contribution is 7.09. The van der Waals surface area contributed by atoms with Gasteiger partial charge in [0.05, 0.1) is 6.10 Å². The molecule has 0 radical (unpaired) electrons. The molecule has 2 atom stereocenters. The van der Waals surface area contributed by atoms with Crippen LogP contribution in [0.3, 0.4) is 0 Å². The molecule has 4 heteroatoms. The smallest absolute Gasteiger partial charge is 0.222 e. The first kappa shape index (κ1) is 13.6. The molecule has 0 saturated carbocycles. The molecule has 100 valence electrons. The van der Waals surface area contributed by atoms with Crippen molar-refractivity contribution in [3.63, 3.8) is 0 Å². The molecule has 2 rings (SSSR count). The average molecular weight is 267 g/mol. The van der Waals surface area contributed by atoms with E-state index in [0.29, 0.717) is 19.5 Å². The molecule has 3 nitrogen and oxygen atoms in total. The van der Waals surface area contributed by atoms with Crippen molar-refractivity contribution in [1.29, 1.82) is 0 Å². The van der Waals surface area contributed by atoms with E-state index >= 15 is 0 Å². The fraction of sp³-hybridized carbons (Fsp3) is 0.643. The fourth-order valence-corrected chi connectivity index (χ4v) is 3.14. The van der Waals surface area contributed by atoms with E-state index in [4.69, 9.17) is 0 Å². The second kappa shape index (κ2) is 6.34. The monoisotopic (exact) mass is 267 g/mol. The Hall–Kier alpha value is -0.870. The highest BCUT2D eigenvalue weighted by atomic mass is 32.1. The molecule has 2 heterocycles. The number of carbonyl (C=O) groups excluding carboxylic acids is 1. The van der Waals surface area contributed by atoms with Gasteiger partial charge in [-0.1, -0.05) is 13.0 Å². The summed E-state index contributed by atoms with van der Waals surface area (Å²) in [6, 6.07) is 4.17. The van der Waals surface area contributed by atoms with Crippen LogP contribution in [-0.4, -0.2) is 35.1 Å². The summed E-state index contributed by atoms with van der Waals surface area (Å²) >= 11 is 1.75. The maximum absolute atomic E-state index is 12.0. The zero-order chi connectivity index (χ0) is 13.0. The molecule has 1 aromatic rings. The molecule has 1 N–H and O–H groups in total. The molecule has 0 bridgehead atoms. The van der Waals surface area contributed by atoms with Gasteiger partial charge in [-0.3, -0.25) is 4.79 Å². The Bertz CT molecular complexity index is 377. The van der Waals surface area contributed by atoms with Crippen LogP contribution in [0.2, 0.25) is 0 Å². The van der Waals surface area contributed by atoms with Crippen LogP contribution < -0.4 is 0 Å². The molecule has 1 saturated heterocycles. The summed E-state index contributed by atoms with van der Waals surface area (Å²) in [4.78, 5) is 15.3. The molecule has 0 spiro atoms. The van der Waals surface area contributed by atoms with Gasteiger partial charge >= 0.3 is 0 Å². The van der Waals surface area contributed by atoms with Crippen LogP contribution in [-0.2, 0) is 11.2 Å². The van der Waals surface area contributed by atoms with Crippen LogP contribution in [0.5, 0.6) is 0 Å². The Morgan fingerprint density at radius 3 is 3.11 bits per heavy atom. The second-order valence-corrected chi connectivity index (χ2v) is 6.14. The van der Waals surface area contributed by atoms with Crippen molar-refractivity contribution in [3.05, 3.63) is 22.4 Å². The van der Waals surface area contributed by atoms with Crippen molar-refractivity contribution in [1.82, 2.24) is 4.90 Å². The zero-order valence-electron chi connectivity index (χ0n) is 10.8. The number of aliphatic hydroxyl groups is 1. The maximum Gasteiger partial charge on any atom is 0.222 e. The number of aliphatic hydroxyl groups excluding tert-OH is 1. The predicted molar refractivity (Wildman–Crippen MR) is 73.6 cm³/mol. The molecule has 1 aromatic heterocycles. The Kier molecular flexibility index (Phi) is 4.78. The molecule has 1 amide bonds. The third kappa shape index (κ3) is 3.56. The number of hydrogen-bond donors (Lipinski definition) is 1. The SMILES string of the molecule is CC1CN(C(=O)CCCc2cccs2)CCC1O. The van der Waals surface area contributed by atoms with Crippen LogP contribution in [0, 0.1) is 5.92 Å². The molecule has 0 aromatic carbocycles. The van der Waals surface area contributed by atoms with Gasteiger partial charge in [-0.05, 0) is 36.6 Å². The van der Waals surface area contributed by atoms with E-state index in [1.807, 2.05) is 11.8 Å². The Labute approximate surface area is 112 Å². The lowest BCUT2D eigenvalue weighted by Crippen LogP contribution is -2.44. The van der Waals surface area contributed by atoms with Crippen molar-refractivity contribution < 1.29 is 9.90 Å². The molecular weight excluding hydrogens is 246 g/mol. The molecule has 1 aliphatic heterocycles. The van der Waals surface area contributed by atoms with Gasteiger partial charge in [0.25, 0.3) is 0 Å². The summed E-state index contributed by atoms with van der Waals surface area (Å²) in [5, 5.41) is 11.7. The Morgan fingerprint density at radius 2 is 2.44 bits per heavy atom.